The zero-order valence-electron chi connectivity index (χ0n) is 7.18. The quantitative estimate of drug-likeness (QED) is 0.413. The van der Waals surface area contributed by atoms with E-state index in [9.17, 15) is 9.59 Å². The molecule has 0 heterocycles. The highest BCUT2D eigenvalue weighted by molar-refractivity contribution is 5.89. The Labute approximate surface area is 80.1 Å². The summed E-state index contributed by atoms with van der Waals surface area (Å²) in [5.74, 6) is -0.973. The van der Waals surface area contributed by atoms with E-state index in [4.69, 9.17) is 5.11 Å². The van der Waals surface area contributed by atoms with Crippen molar-refractivity contribution in [2.75, 3.05) is 0 Å². The molecule has 72 valence electrons. The van der Waals surface area contributed by atoms with Crippen LogP contribution in [0.5, 0.6) is 0 Å². The molecule has 0 aliphatic rings. The molecule has 0 aliphatic heterocycles. The Balaban J connectivity index is 2.73. The van der Waals surface area contributed by atoms with Crippen LogP contribution < -0.4 is 5.43 Å². The molecule has 0 aliphatic carbocycles. The Hall–Kier alpha value is -2.17. The summed E-state index contributed by atoms with van der Waals surface area (Å²) in [7, 11) is 0. The lowest BCUT2D eigenvalue weighted by Gasteiger charge is -1.94. The highest BCUT2D eigenvalue weighted by atomic mass is 16.4. The van der Waals surface area contributed by atoms with Crippen molar-refractivity contribution in [2.24, 2.45) is 5.10 Å². The van der Waals surface area contributed by atoms with Crippen molar-refractivity contribution < 1.29 is 14.7 Å². The summed E-state index contributed by atoms with van der Waals surface area (Å²) in [6.45, 7) is 0. The molecule has 0 spiro atoms. The van der Waals surface area contributed by atoms with Crippen LogP contribution in [0.25, 0.3) is 0 Å². The number of carboxylic acids is 1. The summed E-state index contributed by atoms with van der Waals surface area (Å²) in [4.78, 5) is 20.3. The Morgan fingerprint density at radius 2 is 2.00 bits per heavy atom. The van der Waals surface area contributed by atoms with Crippen LogP contribution >= 0.6 is 0 Å². The van der Waals surface area contributed by atoms with Crippen molar-refractivity contribution in [3.8, 4) is 0 Å². The summed E-state index contributed by atoms with van der Waals surface area (Å²) < 4.78 is 0. The fourth-order valence-corrected chi connectivity index (χ4v) is 0.854. The van der Waals surface area contributed by atoms with Crippen molar-refractivity contribution in [3.05, 3.63) is 35.4 Å². The molecule has 1 aromatic rings. The van der Waals surface area contributed by atoms with Crippen LogP contribution in [0.3, 0.4) is 0 Å². The van der Waals surface area contributed by atoms with Crippen molar-refractivity contribution in [2.45, 2.75) is 0 Å². The smallest absolute Gasteiger partial charge is 0.335 e. The fourth-order valence-electron chi connectivity index (χ4n) is 0.854. The van der Waals surface area contributed by atoms with E-state index in [1.807, 2.05) is 0 Å². The number of hydrogen-bond donors (Lipinski definition) is 2. The van der Waals surface area contributed by atoms with E-state index < -0.39 is 5.97 Å². The number of nitrogens with one attached hydrogen (secondary N) is 1. The number of amides is 1. The van der Waals surface area contributed by atoms with Crippen LogP contribution in [0.15, 0.2) is 29.4 Å². The van der Waals surface area contributed by atoms with Gasteiger partial charge in [-0.3, -0.25) is 4.79 Å². The van der Waals surface area contributed by atoms with E-state index in [1.165, 1.54) is 18.3 Å². The molecule has 0 saturated carbocycles. The number of carboxylic acid groups (broad SMARTS) is 1. The second kappa shape index (κ2) is 4.76. The number of nitrogens with zero attached hydrogens (tertiary/aromatic N) is 1. The second-order valence-electron chi connectivity index (χ2n) is 2.43. The first-order valence-electron chi connectivity index (χ1n) is 3.79. The van der Waals surface area contributed by atoms with Gasteiger partial charge in [-0.15, -0.1) is 0 Å². The summed E-state index contributed by atoms with van der Waals surface area (Å²) in [5, 5.41) is 12.1. The van der Waals surface area contributed by atoms with E-state index in [-0.39, 0.29) is 5.56 Å². The maximum atomic E-state index is 10.5. The van der Waals surface area contributed by atoms with Gasteiger partial charge >= 0.3 is 5.97 Å². The van der Waals surface area contributed by atoms with Crippen LogP contribution in [-0.2, 0) is 4.79 Å². The number of carbonyl (C=O) groups is 2. The Kier molecular flexibility index (Phi) is 3.37. The second-order valence-corrected chi connectivity index (χ2v) is 2.43. The number of benzene rings is 1. The van der Waals surface area contributed by atoms with Gasteiger partial charge in [0.25, 0.3) is 0 Å². The predicted octanol–water partition coefficient (Wildman–Crippen LogP) is 0.465. The molecule has 0 radical (unpaired) electrons. The molecule has 0 bridgehead atoms. The average molecular weight is 192 g/mol. The van der Waals surface area contributed by atoms with Gasteiger partial charge in [-0.05, 0) is 17.7 Å². The molecule has 2 N–H and O–H groups in total. The third-order valence-electron chi connectivity index (χ3n) is 1.50. The van der Waals surface area contributed by atoms with E-state index in [0.717, 1.165) is 0 Å². The molecule has 14 heavy (non-hydrogen) atoms. The number of aromatic carboxylic acids is 1. The van der Waals surface area contributed by atoms with E-state index in [1.54, 1.807) is 12.1 Å². The van der Waals surface area contributed by atoms with Gasteiger partial charge in [-0.25, -0.2) is 10.2 Å². The lowest BCUT2D eigenvalue weighted by atomic mass is 10.1. The monoisotopic (exact) mass is 192 g/mol. The Morgan fingerprint density at radius 3 is 2.50 bits per heavy atom. The van der Waals surface area contributed by atoms with E-state index in [0.29, 0.717) is 12.0 Å². The molecule has 1 rings (SSSR count). The maximum Gasteiger partial charge on any atom is 0.335 e. The highest BCUT2D eigenvalue weighted by Crippen LogP contribution is 2.01. The van der Waals surface area contributed by atoms with Gasteiger partial charge in [0.1, 0.15) is 0 Å². The number of rotatable bonds is 4. The minimum atomic E-state index is -0.973. The van der Waals surface area contributed by atoms with E-state index >= 15 is 0 Å². The summed E-state index contributed by atoms with van der Waals surface area (Å²) in [6, 6.07) is 6.12. The minimum Gasteiger partial charge on any atom is -0.478 e. The van der Waals surface area contributed by atoms with Crippen LogP contribution in [0, 0.1) is 0 Å². The highest BCUT2D eigenvalue weighted by Gasteiger charge is 1.99. The van der Waals surface area contributed by atoms with Gasteiger partial charge in [0.15, 0.2) is 0 Å². The molecule has 5 heteroatoms. The van der Waals surface area contributed by atoms with Gasteiger partial charge in [-0.2, -0.15) is 5.10 Å². The molecule has 0 aromatic heterocycles. The first-order chi connectivity index (χ1) is 6.74. The maximum absolute atomic E-state index is 10.5. The SMILES string of the molecule is O=CN/N=C\c1ccc(C(=O)O)cc1. The molecule has 1 aromatic carbocycles. The zero-order valence-corrected chi connectivity index (χ0v) is 7.18. The lowest BCUT2D eigenvalue weighted by molar-refractivity contribution is -0.109. The number of hydrogen-bond acceptors (Lipinski definition) is 3. The fraction of sp³-hybridized carbons (Fsp3) is 0. The topological polar surface area (TPSA) is 78.8 Å². The van der Waals surface area contributed by atoms with Gasteiger partial charge < -0.3 is 5.11 Å². The standard InChI is InChI=1S/C9H8N2O3/c12-6-11-10-5-7-1-3-8(4-2-7)9(13)14/h1-6H,(H,11,12)(H,13,14)/b10-5-. The summed E-state index contributed by atoms with van der Waals surface area (Å²) in [6.07, 6.45) is 1.86. The molecule has 0 atom stereocenters. The summed E-state index contributed by atoms with van der Waals surface area (Å²) >= 11 is 0. The number of hydrazone groups is 1. The third kappa shape index (κ3) is 2.71. The predicted molar refractivity (Wildman–Crippen MR) is 50.2 cm³/mol. The van der Waals surface area contributed by atoms with Gasteiger partial charge in [-0.1, -0.05) is 12.1 Å². The molecule has 0 saturated heterocycles. The molecular formula is C9H8N2O3. The zero-order chi connectivity index (χ0) is 10.4. The first-order valence-corrected chi connectivity index (χ1v) is 3.79. The van der Waals surface area contributed by atoms with Gasteiger partial charge in [0, 0.05) is 0 Å². The van der Waals surface area contributed by atoms with Gasteiger partial charge in [0.2, 0.25) is 6.41 Å². The van der Waals surface area contributed by atoms with Crippen LogP contribution in [0.4, 0.5) is 0 Å². The molecular weight excluding hydrogens is 184 g/mol. The minimum absolute atomic E-state index is 0.213. The molecule has 0 fully saturated rings. The third-order valence-corrected chi connectivity index (χ3v) is 1.50. The molecule has 5 nitrogen and oxygen atoms in total. The Morgan fingerprint density at radius 1 is 1.36 bits per heavy atom. The normalized spacial score (nSPS) is 10.0. The Bertz CT molecular complexity index is 357. The molecule has 1 amide bonds. The first kappa shape index (κ1) is 9.91. The van der Waals surface area contributed by atoms with E-state index in [2.05, 4.69) is 10.5 Å². The molecule has 0 unspecified atom stereocenters. The average Bonchev–Trinajstić information content (AvgIpc) is 2.19. The van der Waals surface area contributed by atoms with Crippen LogP contribution in [-0.4, -0.2) is 23.7 Å². The lowest BCUT2D eigenvalue weighted by Crippen LogP contribution is -2.01. The number of carbonyl (C=O) groups excluding carboxylic acids is 1. The van der Waals surface area contributed by atoms with Crippen LogP contribution in [0.2, 0.25) is 0 Å². The van der Waals surface area contributed by atoms with Crippen molar-refractivity contribution in [1.29, 1.82) is 0 Å². The van der Waals surface area contributed by atoms with Crippen molar-refractivity contribution in [3.63, 3.8) is 0 Å². The summed E-state index contributed by atoms with van der Waals surface area (Å²) in [5.41, 5.74) is 3.03. The largest absolute Gasteiger partial charge is 0.478 e. The van der Waals surface area contributed by atoms with Crippen molar-refractivity contribution in [1.82, 2.24) is 5.43 Å². The van der Waals surface area contributed by atoms with Gasteiger partial charge in [0.05, 0.1) is 11.8 Å². The van der Waals surface area contributed by atoms with Crippen LogP contribution in [0.1, 0.15) is 15.9 Å². The van der Waals surface area contributed by atoms with Crippen molar-refractivity contribution >= 4 is 18.6 Å².